The average Bonchev–Trinajstić information content (AvgIpc) is 3.09. The molecule has 0 radical (unpaired) electrons. The quantitative estimate of drug-likeness (QED) is 0.199. The SMILES string of the molecule is Cc1cn([C@H]2C[C@H](O)[C@@H](COP(=O)(O)NCc3ccc(N=[N+]=[N-])cc3)O2)c(=O)[nH]c1=O. The Morgan fingerprint density at radius 1 is 1.42 bits per heavy atom. The molecule has 0 saturated carbocycles. The first-order chi connectivity index (χ1) is 14.7. The van der Waals surface area contributed by atoms with Gasteiger partial charge in [-0.2, -0.15) is 0 Å². The van der Waals surface area contributed by atoms with Gasteiger partial charge < -0.3 is 14.7 Å². The first kappa shape index (κ1) is 22.9. The van der Waals surface area contributed by atoms with Crippen LogP contribution in [-0.4, -0.2) is 38.4 Å². The Balaban J connectivity index is 1.55. The van der Waals surface area contributed by atoms with Gasteiger partial charge in [-0.25, -0.2) is 14.4 Å². The molecule has 1 fully saturated rings. The molecule has 3 rings (SSSR count). The Hall–Kier alpha value is -2.76. The van der Waals surface area contributed by atoms with Crippen LogP contribution in [0.25, 0.3) is 10.4 Å². The molecule has 0 amide bonds. The van der Waals surface area contributed by atoms with Gasteiger partial charge in [-0.05, 0) is 18.0 Å². The van der Waals surface area contributed by atoms with E-state index in [-0.39, 0.29) is 13.0 Å². The van der Waals surface area contributed by atoms with Gasteiger partial charge in [-0.3, -0.25) is 18.9 Å². The van der Waals surface area contributed by atoms with E-state index in [0.29, 0.717) is 16.8 Å². The summed E-state index contributed by atoms with van der Waals surface area (Å²) in [5.74, 6) is 0. The molecular weight excluding hydrogens is 431 g/mol. The van der Waals surface area contributed by atoms with Gasteiger partial charge in [-0.1, -0.05) is 29.4 Å². The van der Waals surface area contributed by atoms with Crippen LogP contribution in [0.15, 0.2) is 45.2 Å². The van der Waals surface area contributed by atoms with E-state index in [0.717, 1.165) is 4.57 Å². The van der Waals surface area contributed by atoms with Crippen molar-refractivity contribution in [2.24, 2.45) is 5.11 Å². The number of benzene rings is 1. The molecule has 4 N–H and O–H groups in total. The second-order valence-corrected chi connectivity index (χ2v) is 8.53. The van der Waals surface area contributed by atoms with Crippen molar-refractivity contribution >= 4 is 13.4 Å². The van der Waals surface area contributed by atoms with Gasteiger partial charge in [0.2, 0.25) is 0 Å². The Morgan fingerprint density at radius 2 is 2.13 bits per heavy atom. The molecule has 1 unspecified atom stereocenters. The number of nitrogens with one attached hydrogen (secondary N) is 2. The Morgan fingerprint density at radius 3 is 2.81 bits per heavy atom. The van der Waals surface area contributed by atoms with Gasteiger partial charge in [0.05, 0.1) is 12.7 Å². The third-order valence-corrected chi connectivity index (χ3v) is 5.71. The number of aliphatic hydroxyl groups is 1. The Kier molecular flexibility index (Phi) is 7.08. The number of azide groups is 1. The average molecular weight is 452 g/mol. The molecule has 4 atom stereocenters. The van der Waals surface area contributed by atoms with E-state index in [2.05, 4.69) is 20.1 Å². The van der Waals surface area contributed by atoms with E-state index >= 15 is 0 Å². The number of aliphatic hydroxyl groups excluding tert-OH is 1. The van der Waals surface area contributed by atoms with E-state index in [9.17, 15) is 24.2 Å². The standard InChI is InChI=1S/C17H21N6O7P/c1-10-8-23(17(26)20-16(10)25)15-6-13(24)14(30-15)9-29-31(27,28)19-7-11-2-4-12(5-3-11)21-22-18/h2-5,8,13-15,24H,6-7,9H2,1H3,(H2,19,27,28)(H,20,25,26)/t13-,14+,15+/m0/s1. The summed E-state index contributed by atoms with van der Waals surface area (Å²) in [6, 6.07) is 6.36. The maximum Gasteiger partial charge on any atom is 0.403 e. The van der Waals surface area contributed by atoms with Crippen molar-refractivity contribution in [3.63, 3.8) is 0 Å². The molecule has 0 aliphatic carbocycles. The first-order valence-electron chi connectivity index (χ1n) is 9.20. The van der Waals surface area contributed by atoms with Crippen LogP contribution in [0.2, 0.25) is 0 Å². The third-order valence-electron chi connectivity index (χ3n) is 4.65. The molecule has 1 aromatic carbocycles. The molecule has 2 aromatic rings. The van der Waals surface area contributed by atoms with Crippen molar-refractivity contribution in [2.75, 3.05) is 6.61 Å². The highest BCUT2D eigenvalue weighted by Gasteiger charge is 2.37. The number of hydrogen-bond donors (Lipinski definition) is 4. The number of aryl methyl sites for hydroxylation is 1. The van der Waals surface area contributed by atoms with Crippen molar-refractivity contribution in [3.8, 4) is 0 Å². The number of hydrogen-bond acceptors (Lipinski definition) is 7. The summed E-state index contributed by atoms with van der Waals surface area (Å²) in [4.78, 5) is 38.3. The number of aromatic amines is 1. The summed E-state index contributed by atoms with van der Waals surface area (Å²) < 4.78 is 24.0. The van der Waals surface area contributed by atoms with E-state index in [4.69, 9.17) is 14.8 Å². The van der Waals surface area contributed by atoms with Crippen molar-refractivity contribution in [1.29, 1.82) is 0 Å². The number of ether oxygens (including phenoxy) is 1. The number of nitrogens with zero attached hydrogens (tertiary/aromatic N) is 4. The molecular formula is C17H21N6O7P. The minimum absolute atomic E-state index is 0.00702. The molecule has 13 nitrogen and oxygen atoms in total. The number of H-pyrrole nitrogens is 1. The normalized spacial score (nSPS) is 22.6. The Labute approximate surface area is 175 Å². The van der Waals surface area contributed by atoms with Crippen LogP contribution in [0.4, 0.5) is 5.69 Å². The molecule has 2 heterocycles. The molecule has 0 spiro atoms. The molecule has 31 heavy (non-hydrogen) atoms. The zero-order valence-corrected chi connectivity index (χ0v) is 17.3. The molecule has 166 valence electrons. The molecule has 1 saturated heterocycles. The highest BCUT2D eigenvalue weighted by Crippen LogP contribution is 2.39. The predicted octanol–water partition coefficient (Wildman–Crippen LogP) is 1.34. The molecule has 1 aromatic heterocycles. The van der Waals surface area contributed by atoms with Crippen molar-refractivity contribution < 1.29 is 23.8 Å². The van der Waals surface area contributed by atoms with Crippen LogP contribution in [0, 0.1) is 6.92 Å². The van der Waals surface area contributed by atoms with Gasteiger partial charge in [0.25, 0.3) is 5.56 Å². The van der Waals surface area contributed by atoms with Gasteiger partial charge in [-0.15, -0.1) is 0 Å². The van der Waals surface area contributed by atoms with Crippen molar-refractivity contribution in [1.82, 2.24) is 14.6 Å². The van der Waals surface area contributed by atoms with E-state index in [1.165, 1.54) is 13.1 Å². The molecule has 1 aliphatic heterocycles. The van der Waals surface area contributed by atoms with E-state index in [1.54, 1.807) is 24.3 Å². The lowest BCUT2D eigenvalue weighted by Gasteiger charge is -2.19. The first-order valence-corrected chi connectivity index (χ1v) is 10.8. The fourth-order valence-electron chi connectivity index (χ4n) is 2.98. The number of aromatic nitrogens is 2. The molecule has 14 heteroatoms. The molecule has 1 aliphatic rings. The van der Waals surface area contributed by atoms with Crippen LogP contribution >= 0.6 is 7.75 Å². The summed E-state index contributed by atoms with van der Waals surface area (Å²) in [6.45, 7) is 1.14. The largest absolute Gasteiger partial charge is 0.403 e. The Bertz CT molecular complexity index is 1140. The van der Waals surface area contributed by atoms with E-state index < -0.39 is 44.0 Å². The van der Waals surface area contributed by atoms with Crippen molar-refractivity contribution in [2.45, 2.75) is 38.3 Å². The smallest absolute Gasteiger partial charge is 0.390 e. The summed E-state index contributed by atoms with van der Waals surface area (Å²) >= 11 is 0. The van der Waals surface area contributed by atoms with Gasteiger partial charge in [0.1, 0.15) is 12.3 Å². The monoisotopic (exact) mass is 452 g/mol. The summed E-state index contributed by atoms with van der Waals surface area (Å²) in [6.07, 6.45) is -1.48. The minimum atomic E-state index is -4.22. The van der Waals surface area contributed by atoms with Crippen LogP contribution in [0.5, 0.6) is 0 Å². The lowest BCUT2D eigenvalue weighted by atomic mass is 10.2. The maximum absolute atomic E-state index is 12.2. The van der Waals surface area contributed by atoms with Crippen LogP contribution in [0.3, 0.4) is 0 Å². The number of rotatable bonds is 8. The highest BCUT2D eigenvalue weighted by atomic mass is 31.2. The summed E-state index contributed by atoms with van der Waals surface area (Å²) in [5.41, 5.74) is 8.55. The second kappa shape index (κ2) is 9.58. The zero-order valence-electron chi connectivity index (χ0n) is 16.4. The zero-order chi connectivity index (χ0) is 22.6. The summed E-state index contributed by atoms with van der Waals surface area (Å²) in [7, 11) is -4.22. The fourth-order valence-corrected chi connectivity index (χ4v) is 3.80. The van der Waals surface area contributed by atoms with Crippen molar-refractivity contribution in [3.05, 3.63) is 72.9 Å². The van der Waals surface area contributed by atoms with Crippen LogP contribution < -0.4 is 16.3 Å². The van der Waals surface area contributed by atoms with Crippen LogP contribution in [0.1, 0.15) is 23.8 Å². The maximum atomic E-state index is 12.2. The lowest BCUT2D eigenvalue weighted by molar-refractivity contribution is -0.0428. The second-order valence-electron chi connectivity index (χ2n) is 6.92. The van der Waals surface area contributed by atoms with Gasteiger partial charge in [0, 0.05) is 35.3 Å². The summed E-state index contributed by atoms with van der Waals surface area (Å²) in [5, 5.41) is 16.0. The topological polar surface area (TPSA) is 192 Å². The van der Waals surface area contributed by atoms with Gasteiger partial charge in [0.15, 0.2) is 0 Å². The van der Waals surface area contributed by atoms with Crippen LogP contribution in [-0.2, 0) is 20.4 Å². The third kappa shape index (κ3) is 5.90. The predicted molar refractivity (Wildman–Crippen MR) is 108 cm³/mol. The molecule has 0 bridgehead atoms. The highest BCUT2D eigenvalue weighted by molar-refractivity contribution is 7.50. The lowest BCUT2D eigenvalue weighted by Crippen LogP contribution is -2.33. The van der Waals surface area contributed by atoms with E-state index in [1.807, 2.05) is 0 Å². The fraction of sp³-hybridized carbons (Fsp3) is 0.412. The van der Waals surface area contributed by atoms with Gasteiger partial charge >= 0.3 is 13.4 Å². The minimum Gasteiger partial charge on any atom is -0.390 e.